The lowest BCUT2D eigenvalue weighted by atomic mass is 10.1. The fourth-order valence-electron chi connectivity index (χ4n) is 2.83. The number of amides is 1. The maximum absolute atomic E-state index is 12.6. The Morgan fingerprint density at radius 3 is 2.30 bits per heavy atom. The molecule has 0 spiro atoms. The average molecular weight is 541 g/mol. The van der Waals surface area contributed by atoms with E-state index in [-0.39, 0.29) is 28.0 Å². The maximum atomic E-state index is 12.6. The summed E-state index contributed by atoms with van der Waals surface area (Å²) in [6.07, 6.45) is 1.38. The monoisotopic (exact) mass is 538 g/mol. The SMILES string of the molecule is Cc1c(Cl)cccc1NC(=O)/C(C#N)=C\c1cc(Cl)c(OCc2ccc(Cl)c(Cl)c2)c(Cl)c1. The summed E-state index contributed by atoms with van der Waals surface area (Å²) in [7, 11) is 0. The Labute approximate surface area is 216 Å². The van der Waals surface area contributed by atoms with Crippen LogP contribution < -0.4 is 10.1 Å². The van der Waals surface area contributed by atoms with Gasteiger partial charge in [-0.2, -0.15) is 5.26 Å². The number of hydrogen-bond donors (Lipinski definition) is 1. The van der Waals surface area contributed by atoms with Gasteiger partial charge in [-0.1, -0.05) is 70.1 Å². The number of rotatable bonds is 6. The Morgan fingerprint density at radius 2 is 1.67 bits per heavy atom. The molecule has 0 radical (unpaired) electrons. The van der Waals surface area contributed by atoms with Crippen molar-refractivity contribution in [2.45, 2.75) is 13.5 Å². The van der Waals surface area contributed by atoms with E-state index in [1.807, 2.05) is 6.07 Å². The summed E-state index contributed by atoms with van der Waals surface area (Å²) in [5.74, 6) is -0.325. The maximum Gasteiger partial charge on any atom is 0.266 e. The summed E-state index contributed by atoms with van der Waals surface area (Å²) >= 11 is 30.7. The molecule has 3 aromatic carbocycles. The van der Waals surface area contributed by atoms with Crippen LogP contribution in [0.2, 0.25) is 25.1 Å². The molecule has 0 saturated carbocycles. The second-order valence-corrected chi connectivity index (χ2v) is 8.92. The van der Waals surface area contributed by atoms with Crippen molar-refractivity contribution in [3.8, 4) is 11.8 Å². The number of ether oxygens (including phenoxy) is 1. The lowest BCUT2D eigenvalue weighted by molar-refractivity contribution is -0.112. The Morgan fingerprint density at radius 1 is 0.970 bits per heavy atom. The molecule has 9 heteroatoms. The summed E-state index contributed by atoms with van der Waals surface area (Å²) in [6, 6.07) is 15.2. The average Bonchev–Trinajstić information content (AvgIpc) is 2.77. The number of anilines is 1. The van der Waals surface area contributed by atoms with E-state index in [0.29, 0.717) is 31.9 Å². The van der Waals surface area contributed by atoms with Crippen LogP contribution in [0.4, 0.5) is 5.69 Å². The summed E-state index contributed by atoms with van der Waals surface area (Å²) in [5, 5.41) is 14.0. The van der Waals surface area contributed by atoms with Gasteiger partial charge in [0, 0.05) is 10.7 Å². The van der Waals surface area contributed by atoms with Crippen LogP contribution in [0.5, 0.6) is 5.75 Å². The molecule has 168 valence electrons. The number of nitrogens with zero attached hydrogens (tertiary/aromatic N) is 1. The van der Waals surface area contributed by atoms with E-state index in [1.54, 1.807) is 55.5 Å². The molecule has 0 atom stereocenters. The van der Waals surface area contributed by atoms with Crippen molar-refractivity contribution in [1.82, 2.24) is 0 Å². The highest BCUT2D eigenvalue weighted by atomic mass is 35.5. The molecule has 0 saturated heterocycles. The van der Waals surface area contributed by atoms with Crippen molar-refractivity contribution in [2.24, 2.45) is 0 Å². The molecule has 0 unspecified atom stereocenters. The zero-order valence-electron chi connectivity index (χ0n) is 17.1. The van der Waals surface area contributed by atoms with Gasteiger partial charge >= 0.3 is 0 Å². The second-order valence-electron chi connectivity index (χ2n) is 6.89. The molecule has 0 aliphatic heterocycles. The van der Waals surface area contributed by atoms with Gasteiger partial charge in [-0.15, -0.1) is 0 Å². The molecule has 0 aliphatic rings. The number of benzene rings is 3. The number of carbonyl (C=O) groups is 1. The molecule has 0 heterocycles. The van der Waals surface area contributed by atoms with Crippen molar-refractivity contribution in [3.63, 3.8) is 0 Å². The third-order valence-corrected chi connectivity index (χ3v) is 6.29. The number of nitriles is 1. The van der Waals surface area contributed by atoms with Gasteiger partial charge < -0.3 is 10.1 Å². The lowest BCUT2D eigenvalue weighted by Crippen LogP contribution is -2.14. The van der Waals surface area contributed by atoms with Gasteiger partial charge in [-0.3, -0.25) is 4.79 Å². The first kappa shape index (κ1) is 25.2. The van der Waals surface area contributed by atoms with E-state index in [0.717, 1.165) is 5.56 Å². The van der Waals surface area contributed by atoms with Crippen molar-refractivity contribution >= 4 is 75.7 Å². The molecule has 3 rings (SSSR count). The molecule has 1 amide bonds. The van der Waals surface area contributed by atoms with Gasteiger partial charge in [-0.05, 0) is 66.1 Å². The van der Waals surface area contributed by atoms with E-state index in [4.69, 9.17) is 62.7 Å². The van der Waals surface area contributed by atoms with E-state index in [2.05, 4.69) is 5.32 Å². The smallest absolute Gasteiger partial charge is 0.266 e. The van der Waals surface area contributed by atoms with Crippen molar-refractivity contribution in [3.05, 3.63) is 95.9 Å². The van der Waals surface area contributed by atoms with Crippen LogP contribution >= 0.6 is 58.0 Å². The summed E-state index contributed by atoms with van der Waals surface area (Å²) in [4.78, 5) is 12.6. The minimum absolute atomic E-state index is 0.133. The highest BCUT2D eigenvalue weighted by Gasteiger charge is 2.14. The molecule has 0 fully saturated rings. The van der Waals surface area contributed by atoms with Crippen molar-refractivity contribution < 1.29 is 9.53 Å². The predicted octanol–water partition coefficient (Wildman–Crippen LogP) is 8.39. The molecule has 4 nitrogen and oxygen atoms in total. The first-order valence-corrected chi connectivity index (χ1v) is 11.3. The Bertz CT molecular complexity index is 1280. The van der Waals surface area contributed by atoms with Crippen LogP contribution in [-0.2, 0) is 11.4 Å². The minimum Gasteiger partial charge on any atom is -0.486 e. The largest absolute Gasteiger partial charge is 0.486 e. The molecule has 0 aliphatic carbocycles. The summed E-state index contributed by atoms with van der Waals surface area (Å²) in [6.45, 7) is 1.93. The zero-order valence-corrected chi connectivity index (χ0v) is 20.8. The van der Waals surface area contributed by atoms with E-state index in [9.17, 15) is 10.1 Å². The van der Waals surface area contributed by atoms with Crippen LogP contribution in [0.1, 0.15) is 16.7 Å². The van der Waals surface area contributed by atoms with Crippen molar-refractivity contribution in [2.75, 3.05) is 5.32 Å². The van der Waals surface area contributed by atoms with Crippen LogP contribution in [0.3, 0.4) is 0 Å². The van der Waals surface area contributed by atoms with Gasteiger partial charge in [0.1, 0.15) is 18.2 Å². The summed E-state index contributed by atoms with van der Waals surface area (Å²) < 4.78 is 5.74. The van der Waals surface area contributed by atoms with Crippen LogP contribution in [0, 0.1) is 18.3 Å². The quantitative estimate of drug-likeness (QED) is 0.252. The highest BCUT2D eigenvalue weighted by Crippen LogP contribution is 2.36. The number of nitrogens with one attached hydrogen (secondary N) is 1. The van der Waals surface area contributed by atoms with Gasteiger partial charge in [0.2, 0.25) is 0 Å². The highest BCUT2D eigenvalue weighted by molar-refractivity contribution is 6.42. The van der Waals surface area contributed by atoms with E-state index >= 15 is 0 Å². The molecule has 3 aromatic rings. The molecule has 1 N–H and O–H groups in total. The molecule has 33 heavy (non-hydrogen) atoms. The molecular formula is C24H15Cl5N2O2. The minimum atomic E-state index is -0.588. The first-order chi connectivity index (χ1) is 15.7. The Balaban J connectivity index is 1.79. The third-order valence-electron chi connectivity index (χ3n) is 4.58. The number of hydrogen-bond acceptors (Lipinski definition) is 3. The molecule has 0 bridgehead atoms. The van der Waals surface area contributed by atoms with E-state index in [1.165, 1.54) is 6.08 Å². The van der Waals surface area contributed by atoms with Crippen LogP contribution in [0.15, 0.2) is 54.1 Å². The van der Waals surface area contributed by atoms with E-state index < -0.39 is 5.91 Å². The summed E-state index contributed by atoms with van der Waals surface area (Å²) in [5.41, 5.74) is 2.31. The Hall–Kier alpha value is -2.39. The molecule has 0 aromatic heterocycles. The van der Waals surface area contributed by atoms with Crippen molar-refractivity contribution in [1.29, 1.82) is 5.26 Å². The fraction of sp³-hybridized carbons (Fsp3) is 0.0833. The number of halogens is 5. The van der Waals surface area contributed by atoms with Gasteiger partial charge in [0.25, 0.3) is 5.91 Å². The molecular weight excluding hydrogens is 526 g/mol. The Kier molecular flexibility index (Phi) is 8.53. The predicted molar refractivity (Wildman–Crippen MR) is 136 cm³/mol. The third kappa shape index (κ3) is 6.35. The van der Waals surface area contributed by atoms with Gasteiger partial charge in [0.15, 0.2) is 5.75 Å². The topological polar surface area (TPSA) is 62.1 Å². The van der Waals surface area contributed by atoms with Gasteiger partial charge in [-0.25, -0.2) is 0 Å². The van der Waals surface area contributed by atoms with Crippen LogP contribution in [-0.4, -0.2) is 5.91 Å². The van der Waals surface area contributed by atoms with Gasteiger partial charge in [0.05, 0.1) is 20.1 Å². The first-order valence-electron chi connectivity index (χ1n) is 9.43. The normalized spacial score (nSPS) is 11.1. The number of carbonyl (C=O) groups excluding carboxylic acids is 1. The lowest BCUT2D eigenvalue weighted by Gasteiger charge is -2.12. The second kappa shape index (κ2) is 11.2. The fourth-order valence-corrected chi connectivity index (χ4v) is 3.94. The standard InChI is InChI=1S/C24H15Cl5N2O2/c1-13-17(25)3-2-4-22(13)31-24(32)16(11-30)7-15-9-20(28)23(21(29)10-15)33-12-14-5-6-18(26)19(27)8-14/h2-10H,12H2,1H3,(H,31,32)/b16-7-. The van der Waals surface area contributed by atoms with Crippen LogP contribution in [0.25, 0.3) is 6.08 Å². The zero-order chi connectivity index (χ0) is 24.1.